The lowest BCUT2D eigenvalue weighted by atomic mass is 9.67. The highest BCUT2D eigenvalue weighted by atomic mass is 15.0. The molecule has 60 heavy (non-hydrogen) atoms. The molecule has 8 aromatic carbocycles. The average molecular weight is 770 g/mol. The molecule has 3 nitrogen and oxygen atoms in total. The second-order valence-electron chi connectivity index (χ2n) is 16.3. The Labute approximate surface area is 352 Å². The van der Waals surface area contributed by atoms with Crippen molar-refractivity contribution < 1.29 is 0 Å². The third-order valence-electron chi connectivity index (χ3n) is 12.7. The molecule has 1 aromatic heterocycles. The minimum Gasteiger partial charge on any atom is -0.208 e. The third-order valence-corrected chi connectivity index (χ3v) is 12.7. The molecule has 2 aliphatic rings. The first kappa shape index (κ1) is 35.9. The fourth-order valence-corrected chi connectivity index (χ4v) is 9.72. The number of fused-ring (bicyclic) bond motifs is 5. The van der Waals surface area contributed by atoms with Crippen LogP contribution in [0.25, 0.3) is 89.8 Å². The van der Waals surface area contributed by atoms with Crippen LogP contribution in [0, 0.1) is 0 Å². The van der Waals surface area contributed by atoms with Crippen molar-refractivity contribution in [2.24, 2.45) is 0 Å². The van der Waals surface area contributed by atoms with Gasteiger partial charge in [0, 0.05) is 22.1 Å². The van der Waals surface area contributed by atoms with Gasteiger partial charge in [0.25, 0.3) is 0 Å². The van der Waals surface area contributed by atoms with Crippen molar-refractivity contribution in [3.8, 4) is 89.8 Å². The van der Waals surface area contributed by atoms with Gasteiger partial charge in [0.15, 0.2) is 17.5 Å². The van der Waals surface area contributed by atoms with Crippen molar-refractivity contribution >= 4 is 0 Å². The summed E-state index contributed by atoms with van der Waals surface area (Å²) in [5, 5.41) is 0. The lowest BCUT2D eigenvalue weighted by molar-refractivity contribution is 0.353. The molecule has 2 aliphatic carbocycles. The molecule has 0 bridgehead atoms. The molecule has 0 radical (unpaired) electrons. The van der Waals surface area contributed by atoms with Crippen LogP contribution < -0.4 is 0 Å². The highest BCUT2D eigenvalue weighted by molar-refractivity contribution is 5.85. The van der Waals surface area contributed by atoms with E-state index in [0.717, 1.165) is 44.5 Å². The topological polar surface area (TPSA) is 38.7 Å². The number of hydrogen-bond donors (Lipinski definition) is 0. The van der Waals surface area contributed by atoms with Gasteiger partial charge < -0.3 is 0 Å². The van der Waals surface area contributed by atoms with Gasteiger partial charge >= 0.3 is 0 Å². The van der Waals surface area contributed by atoms with Gasteiger partial charge in [0.2, 0.25) is 0 Å². The van der Waals surface area contributed by atoms with Crippen LogP contribution in [-0.2, 0) is 5.41 Å². The van der Waals surface area contributed by atoms with Crippen LogP contribution in [0.5, 0.6) is 0 Å². The van der Waals surface area contributed by atoms with Crippen LogP contribution in [0.1, 0.15) is 43.2 Å². The molecular formula is C57H43N3. The molecule has 0 amide bonds. The van der Waals surface area contributed by atoms with Gasteiger partial charge in [0.1, 0.15) is 0 Å². The summed E-state index contributed by atoms with van der Waals surface area (Å²) in [6, 6.07) is 71.8. The number of aromatic nitrogens is 3. The summed E-state index contributed by atoms with van der Waals surface area (Å²) in [5.74, 6) is 1.92. The van der Waals surface area contributed by atoms with Gasteiger partial charge in [-0.1, -0.05) is 195 Å². The molecule has 1 saturated carbocycles. The smallest absolute Gasteiger partial charge is 0.164 e. The molecule has 1 spiro atoms. The highest BCUT2D eigenvalue weighted by Crippen LogP contribution is 2.56. The maximum atomic E-state index is 5.17. The van der Waals surface area contributed by atoms with E-state index < -0.39 is 0 Å². The number of nitrogens with zero attached hydrogens (tertiary/aromatic N) is 3. The molecule has 9 aromatic rings. The van der Waals surface area contributed by atoms with Crippen LogP contribution in [0.3, 0.4) is 0 Å². The molecule has 1 heterocycles. The molecule has 0 saturated heterocycles. The Bertz CT molecular complexity index is 3000. The van der Waals surface area contributed by atoms with E-state index in [-0.39, 0.29) is 5.41 Å². The summed E-state index contributed by atoms with van der Waals surface area (Å²) in [6.45, 7) is 0. The molecule has 0 atom stereocenters. The fraction of sp³-hybridized carbons (Fsp3) is 0.105. The first-order valence-corrected chi connectivity index (χ1v) is 21.2. The molecule has 3 heteroatoms. The van der Waals surface area contributed by atoms with Crippen molar-refractivity contribution in [3.63, 3.8) is 0 Å². The van der Waals surface area contributed by atoms with Crippen LogP contribution in [0.2, 0.25) is 0 Å². The molecular weight excluding hydrogens is 727 g/mol. The molecule has 11 rings (SSSR count). The SMILES string of the molecule is c1ccc(-c2ccc(-c3nc(-c4cccc(-c5ccccc5)c4)nc(-c4cccc(-c5cccc(-c6ccc7c(c6)C6(CCCCC6)c6ccccc6-7)c5)c4)n3)cc2)cc1. The Morgan fingerprint density at radius 2 is 0.650 bits per heavy atom. The number of benzene rings is 8. The minimum absolute atomic E-state index is 0.126. The standard InChI is InChI=1S/C57H43N3/c1-4-15-39(16-5-1)41-27-29-42(30-28-41)54-58-55(48-23-13-19-43(36-48)40-17-6-2-7-18-40)60-56(59-54)49-24-14-22-46(37-49)44-20-12-21-45(35-44)47-31-32-51-50-25-8-9-26-52(50)57(53(51)38-47)33-10-3-11-34-57/h1-2,4-9,12-32,35-38H,3,10-11,33-34H2. The molecule has 1 fully saturated rings. The zero-order chi connectivity index (χ0) is 39.9. The third kappa shape index (κ3) is 6.53. The van der Waals surface area contributed by atoms with Crippen LogP contribution in [0.4, 0.5) is 0 Å². The summed E-state index contributed by atoms with van der Waals surface area (Å²) in [4.78, 5) is 15.4. The Hall–Kier alpha value is -7.23. The Morgan fingerprint density at radius 3 is 1.25 bits per heavy atom. The fourth-order valence-electron chi connectivity index (χ4n) is 9.72. The Kier molecular flexibility index (Phi) is 9.08. The van der Waals surface area contributed by atoms with Crippen molar-refractivity contribution in [2.75, 3.05) is 0 Å². The summed E-state index contributed by atoms with van der Waals surface area (Å²) in [5.41, 5.74) is 18.2. The van der Waals surface area contributed by atoms with Gasteiger partial charge in [-0.15, -0.1) is 0 Å². The highest BCUT2D eigenvalue weighted by Gasteiger charge is 2.43. The lowest BCUT2D eigenvalue weighted by Crippen LogP contribution is -2.28. The van der Waals surface area contributed by atoms with Crippen LogP contribution >= 0.6 is 0 Å². The lowest BCUT2D eigenvalue weighted by Gasteiger charge is -2.36. The summed E-state index contributed by atoms with van der Waals surface area (Å²) >= 11 is 0. The maximum absolute atomic E-state index is 5.17. The van der Waals surface area contributed by atoms with E-state index >= 15 is 0 Å². The van der Waals surface area contributed by atoms with Gasteiger partial charge in [-0.2, -0.15) is 0 Å². The van der Waals surface area contributed by atoms with Crippen LogP contribution in [0.15, 0.2) is 200 Å². The predicted octanol–water partition coefficient (Wildman–Crippen LogP) is 14.8. The average Bonchev–Trinajstić information content (AvgIpc) is 3.60. The van der Waals surface area contributed by atoms with E-state index in [1.807, 2.05) is 12.1 Å². The second kappa shape index (κ2) is 15.2. The van der Waals surface area contributed by atoms with Crippen molar-refractivity contribution in [1.29, 1.82) is 0 Å². The zero-order valence-corrected chi connectivity index (χ0v) is 33.4. The normalized spacial score (nSPS) is 13.8. The Balaban J connectivity index is 0.974. The molecule has 0 N–H and O–H groups in total. The van der Waals surface area contributed by atoms with Gasteiger partial charge in [0.05, 0.1) is 0 Å². The maximum Gasteiger partial charge on any atom is 0.164 e. The van der Waals surface area contributed by atoms with Gasteiger partial charge in [-0.3, -0.25) is 0 Å². The quantitative estimate of drug-likeness (QED) is 0.162. The predicted molar refractivity (Wildman–Crippen MR) is 247 cm³/mol. The van der Waals surface area contributed by atoms with Crippen molar-refractivity contribution in [3.05, 3.63) is 211 Å². The van der Waals surface area contributed by atoms with E-state index in [1.165, 1.54) is 71.0 Å². The second-order valence-corrected chi connectivity index (χ2v) is 16.3. The number of rotatable bonds is 7. The van der Waals surface area contributed by atoms with E-state index in [9.17, 15) is 0 Å². The van der Waals surface area contributed by atoms with Gasteiger partial charge in [-0.05, 0) is 104 Å². The first-order chi connectivity index (χ1) is 29.7. The number of hydrogen-bond acceptors (Lipinski definition) is 3. The summed E-state index contributed by atoms with van der Waals surface area (Å²) in [6.07, 6.45) is 6.36. The summed E-state index contributed by atoms with van der Waals surface area (Å²) in [7, 11) is 0. The minimum atomic E-state index is 0.126. The van der Waals surface area contributed by atoms with E-state index in [2.05, 4.69) is 188 Å². The summed E-state index contributed by atoms with van der Waals surface area (Å²) < 4.78 is 0. The van der Waals surface area contributed by atoms with E-state index in [4.69, 9.17) is 15.0 Å². The zero-order valence-electron chi connectivity index (χ0n) is 33.4. The first-order valence-electron chi connectivity index (χ1n) is 21.2. The molecule has 0 aliphatic heterocycles. The monoisotopic (exact) mass is 769 g/mol. The van der Waals surface area contributed by atoms with Crippen molar-refractivity contribution in [2.45, 2.75) is 37.5 Å². The van der Waals surface area contributed by atoms with Gasteiger partial charge in [-0.25, -0.2) is 15.0 Å². The largest absolute Gasteiger partial charge is 0.208 e. The van der Waals surface area contributed by atoms with E-state index in [0.29, 0.717) is 17.5 Å². The van der Waals surface area contributed by atoms with Crippen molar-refractivity contribution in [1.82, 2.24) is 15.0 Å². The molecule has 286 valence electrons. The molecule has 0 unspecified atom stereocenters. The van der Waals surface area contributed by atoms with Crippen LogP contribution in [-0.4, -0.2) is 15.0 Å². The van der Waals surface area contributed by atoms with E-state index in [1.54, 1.807) is 0 Å². The Morgan fingerprint density at radius 1 is 0.267 bits per heavy atom.